The van der Waals surface area contributed by atoms with Gasteiger partial charge in [-0.3, -0.25) is 9.59 Å². The second-order valence-electron chi connectivity index (χ2n) is 5.81. The Labute approximate surface area is 147 Å². The summed E-state index contributed by atoms with van der Waals surface area (Å²) in [6.07, 6.45) is 0. The normalized spacial score (nSPS) is 10.4. The lowest BCUT2D eigenvalue weighted by atomic mass is 10.1. The molecule has 0 bridgehead atoms. The molecule has 2 amide bonds. The molecule has 0 aliphatic heterocycles. The van der Waals surface area contributed by atoms with Crippen LogP contribution in [0.15, 0.2) is 36.4 Å². The number of hydrogen-bond acceptors (Lipinski definition) is 2. The van der Waals surface area contributed by atoms with Crippen LogP contribution in [0.3, 0.4) is 0 Å². The summed E-state index contributed by atoms with van der Waals surface area (Å²) in [7, 11) is 0. The number of aryl methyl sites for hydroxylation is 2. The molecule has 0 fully saturated rings. The summed E-state index contributed by atoms with van der Waals surface area (Å²) >= 11 is 6.08. The Morgan fingerprint density at radius 1 is 1.04 bits per heavy atom. The number of anilines is 2. The number of nitrogens with one attached hydrogen (secondary N) is 1. The number of hydrogen-bond donors (Lipinski definition) is 1. The first-order valence-corrected chi connectivity index (χ1v) is 8.08. The van der Waals surface area contributed by atoms with E-state index in [1.165, 1.54) is 11.8 Å². The topological polar surface area (TPSA) is 49.4 Å². The largest absolute Gasteiger partial charge is 0.324 e. The van der Waals surface area contributed by atoms with E-state index in [-0.39, 0.29) is 18.4 Å². The molecule has 5 heteroatoms. The van der Waals surface area contributed by atoms with E-state index in [1.807, 2.05) is 39.0 Å². The number of carbonyl (C=O) groups excluding carboxylic acids is 2. The highest BCUT2D eigenvalue weighted by molar-refractivity contribution is 6.31. The van der Waals surface area contributed by atoms with Gasteiger partial charge in [0.2, 0.25) is 11.8 Å². The van der Waals surface area contributed by atoms with E-state index in [2.05, 4.69) is 5.32 Å². The van der Waals surface area contributed by atoms with Crippen LogP contribution in [0.1, 0.15) is 23.6 Å². The van der Waals surface area contributed by atoms with Crippen LogP contribution in [-0.2, 0) is 9.59 Å². The maximum Gasteiger partial charge on any atom is 0.244 e. The Morgan fingerprint density at radius 2 is 1.62 bits per heavy atom. The fourth-order valence-corrected chi connectivity index (χ4v) is 2.83. The van der Waals surface area contributed by atoms with E-state index in [0.717, 1.165) is 22.4 Å². The molecule has 0 aromatic heterocycles. The summed E-state index contributed by atoms with van der Waals surface area (Å²) in [5.41, 5.74) is 4.14. The van der Waals surface area contributed by atoms with E-state index in [4.69, 9.17) is 11.6 Å². The molecule has 0 radical (unpaired) electrons. The quantitative estimate of drug-likeness (QED) is 0.901. The van der Waals surface area contributed by atoms with E-state index in [0.29, 0.717) is 10.7 Å². The molecule has 0 saturated heterocycles. The summed E-state index contributed by atoms with van der Waals surface area (Å²) < 4.78 is 0. The zero-order valence-corrected chi connectivity index (χ0v) is 15.1. The van der Waals surface area contributed by atoms with Crippen molar-refractivity contribution in [1.82, 2.24) is 0 Å². The molecule has 24 heavy (non-hydrogen) atoms. The van der Waals surface area contributed by atoms with Gasteiger partial charge in [-0.1, -0.05) is 35.9 Å². The smallest absolute Gasteiger partial charge is 0.244 e. The molecule has 0 aliphatic carbocycles. The van der Waals surface area contributed by atoms with Crippen molar-refractivity contribution in [2.45, 2.75) is 27.7 Å². The third-order valence-electron chi connectivity index (χ3n) is 3.93. The van der Waals surface area contributed by atoms with Gasteiger partial charge < -0.3 is 10.2 Å². The maximum absolute atomic E-state index is 12.4. The third-order valence-corrected chi connectivity index (χ3v) is 4.34. The maximum atomic E-state index is 12.4. The van der Waals surface area contributed by atoms with Crippen molar-refractivity contribution in [3.63, 3.8) is 0 Å². The molecule has 2 rings (SSSR count). The minimum Gasteiger partial charge on any atom is -0.324 e. The Bertz CT molecular complexity index is 767. The minimum atomic E-state index is -0.266. The van der Waals surface area contributed by atoms with Gasteiger partial charge in [0.05, 0.1) is 5.69 Å². The minimum absolute atomic E-state index is 0.0486. The number of carbonyl (C=O) groups is 2. The highest BCUT2D eigenvalue weighted by Crippen LogP contribution is 2.26. The lowest BCUT2D eigenvalue weighted by molar-refractivity contribution is -0.120. The van der Waals surface area contributed by atoms with Gasteiger partial charge in [-0.15, -0.1) is 0 Å². The van der Waals surface area contributed by atoms with Crippen LogP contribution < -0.4 is 10.2 Å². The molecule has 2 aromatic carbocycles. The summed E-state index contributed by atoms with van der Waals surface area (Å²) in [6.45, 7) is 7.11. The fourth-order valence-electron chi connectivity index (χ4n) is 2.66. The number of rotatable bonds is 4. The number of nitrogens with zero attached hydrogens (tertiary/aromatic N) is 1. The highest BCUT2D eigenvalue weighted by Gasteiger charge is 2.19. The van der Waals surface area contributed by atoms with E-state index in [1.54, 1.807) is 18.2 Å². The van der Waals surface area contributed by atoms with Crippen LogP contribution in [0.2, 0.25) is 5.02 Å². The number of amides is 2. The Hall–Kier alpha value is -2.33. The van der Waals surface area contributed by atoms with Crippen molar-refractivity contribution in [2.24, 2.45) is 0 Å². The Morgan fingerprint density at radius 3 is 2.21 bits per heavy atom. The van der Waals surface area contributed by atoms with Crippen LogP contribution in [-0.4, -0.2) is 18.4 Å². The lowest BCUT2D eigenvalue weighted by Gasteiger charge is -2.24. The van der Waals surface area contributed by atoms with Gasteiger partial charge >= 0.3 is 0 Å². The SMILES string of the molecule is CC(=O)N(CC(=O)Nc1cccc(Cl)c1C)c1c(C)cccc1C. The molecular formula is C19H21ClN2O2. The number of halogens is 1. The molecular weight excluding hydrogens is 324 g/mol. The standard InChI is InChI=1S/C19H21ClN2O2/c1-12-7-5-8-13(2)19(12)22(15(4)23)11-18(24)21-17-10-6-9-16(20)14(17)3/h5-10H,11H2,1-4H3,(H,21,24). The van der Waals surface area contributed by atoms with Gasteiger partial charge in [0, 0.05) is 17.6 Å². The Balaban J connectivity index is 2.24. The predicted molar refractivity (Wildman–Crippen MR) is 98.8 cm³/mol. The summed E-state index contributed by atoms with van der Waals surface area (Å²) in [5, 5.41) is 3.42. The molecule has 0 saturated carbocycles. The second-order valence-corrected chi connectivity index (χ2v) is 6.21. The summed E-state index contributed by atoms with van der Waals surface area (Å²) in [6, 6.07) is 11.1. The first-order chi connectivity index (χ1) is 11.3. The van der Waals surface area contributed by atoms with Gasteiger partial charge in [-0.25, -0.2) is 0 Å². The molecule has 0 aliphatic rings. The lowest BCUT2D eigenvalue weighted by Crippen LogP contribution is -2.37. The van der Waals surface area contributed by atoms with Gasteiger partial charge in [-0.05, 0) is 49.6 Å². The van der Waals surface area contributed by atoms with Crippen LogP contribution in [0.5, 0.6) is 0 Å². The Kier molecular flexibility index (Phi) is 5.62. The summed E-state index contributed by atoms with van der Waals surface area (Å²) in [4.78, 5) is 26.0. The van der Waals surface area contributed by atoms with Gasteiger partial charge in [-0.2, -0.15) is 0 Å². The molecule has 0 atom stereocenters. The van der Waals surface area contributed by atoms with Crippen LogP contribution in [0.25, 0.3) is 0 Å². The van der Waals surface area contributed by atoms with Crippen molar-refractivity contribution in [2.75, 3.05) is 16.8 Å². The van der Waals surface area contributed by atoms with Gasteiger partial charge in [0.1, 0.15) is 6.54 Å². The third kappa shape index (κ3) is 3.95. The molecule has 0 spiro atoms. The van der Waals surface area contributed by atoms with Crippen molar-refractivity contribution in [3.8, 4) is 0 Å². The summed E-state index contributed by atoms with van der Waals surface area (Å²) in [5.74, 6) is -0.441. The monoisotopic (exact) mass is 344 g/mol. The van der Waals surface area contributed by atoms with Crippen molar-refractivity contribution < 1.29 is 9.59 Å². The number of para-hydroxylation sites is 1. The van der Waals surface area contributed by atoms with Crippen molar-refractivity contribution >= 4 is 34.8 Å². The second kappa shape index (κ2) is 7.49. The molecule has 126 valence electrons. The first kappa shape index (κ1) is 18.0. The average molecular weight is 345 g/mol. The zero-order valence-electron chi connectivity index (χ0n) is 14.3. The highest BCUT2D eigenvalue weighted by atomic mass is 35.5. The molecule has 2 aromatic rings. The van der Waals surface area contributed by atoms with Crippen LogP contribution in [0.4, 0.5) is 11.4 Å². The van der Waals surface area contributed by atoms with Crippen LogP contribution >= 0.6 is 11.6 Å². The number of benzene rings is 2. The van der Waals surface area contributed by atoms with Gasteiger partial charge in [0.25, 0.3) is 0 Å². The predicted octanol–water partition coefficient (Wildman–Crippen LogP) is 4.26. The van der Waals surface area contributed by atoms with Crippen molar-refractivity contribution in [3.05, 3.63) is 58.1 Å². The van der Waals surface area contributed by atoms with Crippen molar-refractivity contribution in [1.29, 1.82) is 0 Å². The van der Waals surface area contributed by atoms with E-state index in [9.17, 15) is 9.59 Å². The molecule has 0 heterocycles. The van der Waals surface area contributed by atoms with E-state index >= 15 is 0 Å². The zero-order chi connectivity index (χ0) is 17.9. The van der Waals surface area contributed by atoms with Gasteiger partial charge in [0.15, 0.2) is 0 Å². The average Bonchev–Trinajstić information content (AvgIpc) is 2.50. The fraction of sp³-hybridized carbons (Fsp3) is 0.263. The molecule has 4 nitrogen and oxygen atoms in total. The van der Waals surface area contributed by atoms with Crippen LogP contribution in [0, 0.1) is 20.8 Å². The first-order valence-electron chi connectivity index (χ1n) is 7.70. The van der Waals surface area contributed by atoms with E-state index < -0.39 is 0 Å². The molecule has 1 N–H and O–H groups in total. The molecule has 0 unspecified atom stereocenters.